The lowest BCUT2D eigenvalue weighted by Crippen LogP contribution is -2.34. The molecule has 0 bridgehead atoms. The van der Waals surface area contributed by atoms with Crippen molar-refractivity contribution in [1.29, 1.82) is 0 Å². The van der Waals surface area contributed by atoms with Gasteiger partial charge < -0.3 is 8.85 Å². The van der Waals surface area contributed by atoms with Gasteiger partial charge in [-0.2, -0.15) is 0 Å². The number of hydrogen-bond donors (Lipinski definition) is 0. The first-order chi connectivity index (χ1) is 9.38. The maximum Gasteiger partial charge on any atom is 0.241 e. The van der Waals surface area contributed by atoms with E-state index < -0.39 is 32.8 Å². The quantitative estimate of drug-likeness (QED) is 0.352. The van der Waals surface area contributed by atoms with E-state index in [9.17, 15) is 0 Å². The lowest BCUT2D eigenvalue weighted by atomic mass is 10.5. The van der Waals surface area contributed by atoms with Gasteiger partial charge in [-0.1, -0.05) is 39.3 Å². The van der Waals surface area contributed by atoms with Crippen molar-refractivity contribution in [2.24, 2.45) is 0 Å². The average molecular weight is 377 g/mol. The van der Waals surface area contributed by atoms with Crippen molar-refractivity contribution in [3.8, 4) is 0 Å². The van der Waals surface area contributed by atoms with Gasteiger partial charge in [0.25, 0.3) is 0 Å². The van der Waals surface area contributed by atoms with E-state index in [1.807, 2.05) is 0 Å². The summed E-state index contributed by atoms with van der Waals surface area (Å²) in [6, 6.07) is 2.20. The van der Waals surface area contributed by atoms with Crippen LogP contribution in [0.3, 0.4) is 0 Å². The zero-order valence-corrected chi connectivity index (χ0v) is 21.2. The lowest BCUT2D eigenvalue weighted by molar-refractivity contribution is 0.342. The Morgan fingerprint density at radius 2 is 0.727 bits per heavy atom. The van der Waals surface area contributed by atoms with Crippen LogP contribution in [0.15, 0.2) is 11.5 Å². The van der Waals surface area contributed by atoms with Crippen molar-refractivity contribution < 1.29 is 8.85 Å². The molecule has 0 aromatic rings. The van der Waals surface area contributed by atoms with Crippen molar-refractivity contribution >= 4 is 32.8 Å². The van der Waals surface area contributed by atoms with Crippen LogP contribution in [0.2, 0.25) is 90.7 Å². The molecule has 0 aliphatic carbocycles. The highest BCUT2D eigenvalue weighted by Gasteiger charge is 2.30. The third kappa shape index (κ3) is 12.7. The zero-order valence-electron chi connectivity index (χ0n) is 17.2. The average Bonchev–Trinajstić information content (AvgIpc) is 2.05. The van der Waals surface area contributed by atoms with Crippen LogP contribution >= 0.6 is 0 Å². The molecule has 0 fully saturated rings. The Morgan fingerprint density at radius 3 is 0.864 bits per heavy atom. The molecule has 0 aromatic carbocycles. The number of hydrogen-bond acceptors (Lipinski definition) is 2. The van der Waals surface area contributed by atoms with Gasteiger partial charge in [-0.15, -0.1) is 0 Å². The fourth-order valence-corrected chi connectivity index (χ4v) is 6.69. The molecule has 0 spiro atoms. The molecule has 0 heterocycles. The van der Waals surface area contributed by atoms with Crippen molar-refractivity contribution in [1.82, 2.24) is 0 Å². The molecule has 0 aliphatic heterocycles. The lowest BCUT2D eigenvalue weighted by Gasteiger charge is -2.33. The Hall–Kier alpha value is 0.208. The van der Waals surface area contributed by atoms with Gasteiger partial charge in [-0.25, -0.2) is 0 Å². The number of rotatable bonds is 8. The van der Waals surface area contributed by atoms with E-state index >= 15 is 0 Å². The summed E-state index contributed by atoms with van der Waals surface area (Å²) in [5, 5.41) is 0. The first kappa shape index (κ1) is 22.2. The Bertz CT molecular complexity index is 316. The summed E-state index contributed by atoms with van der Waals surface area (Å²) in [5.74, 6) is 2.39. The van der Waals surface area contributed by atoms with Crippen LogP contribution in [0.5, 0.6) is 0 Å². The van der Waals surface area contributed by atoms with Crippen LogP contribution in [0.25, 0.3) is 0 Å². The summed E-state index contributed by atoms with van der Waals surface area (Å²) >= 11 is 0. The van der Waals surface area contributed by atoms with Crippen molar-refractivity contribution in [3.05, 3.63) is 11.5 Å². The molecule has 0 aromatic heterocycles. The number of allylic oxidation sites excluding steroid dienone is 2. The minimum atomic E-state index is -1.62. The molecule has 0 saturated heterocycles. The second-order valence-corrected chi connectivity index (χ2v) is 30.6. The summed E-state index contributed by atoms with van der Waals surface area (Å²) in [5.41, 5.74) is 0. The van der Waals surface area contributed by atoms with Crippen LogP contribution in [-0.2, 0) is 8.85 Å². The van der Waals surface area contributed by atoms with E-state index in [1.54, 1.807) is 0 Å². The highest BCUT2D eigenvalue weighted by atomic mass is 28.4. The first-order valence-electron chi connectivity index (χ1n) is 8.48. The van der Waals surface area contributed by atoms with Gasteiger partial charge in [0.05, 0.1) is 16.1 Å². The summed E-state index contributed by atoms with van der Waals surface area (Å²) < 4.78 is 13.1. The molecule has 6 heteroatoms. The zero-order chi connectivity index (χ0) is 18.0. The van der Waals surface area contributed by atoms with E-state index in [4.69, 9.17) is 8.85 Å². The molecule has 0 rings (SSSR count). The third-order valence-corrected chi connectivity index (χ3v) is 7.03. The predicted octanol–water partition coefficient (Wildman–Crippen LogP) is 6.58. The fraction of sp³-hybridized carbons (Fsp3) is 0.875. The van der Waals surface area contributed by atoms with E-state index in [-0.39, 0.29) is 0 Å². The summed E-state index contributed by atoms with van der Waals surface area (Å²) in [6.07, 6.45) is 0. The van der Waals surface area contributed by atoms with Crippen molar-refractivity contribution in [2.45, 2.75) is 90.7 Å². The molecule has 0 saturated carbocycles. The largest absolute Gasteiger partial charge is 0.545 e. The molecule has 132 valence electrons. The third-order valence-electron chi connectivity index (χ3n) is 2.55. The molecule has 0 amide bonds. The predicted molar refractivity (Wildman–Crippen MR) is 112 cm³/mol. The Kier molecular flexibility index (Phi) is 7.47. The van der Waals surface area contributed by atoms with Crippen molar-refractivity contribution in [2.75, 3.05) is 0 Å². The van der Waals surface area contributed by atoms with E-state index in [2.05, 4.69) is 78.6 Å². The highest BCUT2D eigenvalue weighted by molar-refractivity contribution is 6.78. The van der Waals surface area contributed by atoms with Gasteiger partial charge in [0, 0.05) is 12.1 Å². The van der Waals surface area contributed by atoms with Crippen LogP contribution in [-0.4, -0.2) is 32.8 Å². The maximum atomic E-state index is 6.54. The van der Waals surface area contributed by atoms with Gasteiger partial charge in [-0.05, 0) is 39.3 Å². The molecule has 0 radical (unpaired) electrons. The van der Waals surface area contributed by atoms with Crippen LogP contribution in [0, 0.1) is 0 Å². The summed E-state index contributed by atoms with van der Waals surface area (Å²) in [4.78, 5) is 0. The standard InChI is InChI=1S/C16H40O2Si4/c1-19(2,3)13-15(17-21(7,8)9)16(14-20(4,5)6)18-22(10,11)12/h13-14H2,1-12H3/b16-15-. The summed E-state index contributed by atoms with van der Waals surface area (Å²) in [7, 11) is -5.72. The smallest absolute Gasteiger partial charge is 0.241 e. The van der Waals surface area contributed by atoms with Crippen molar-refractivity contribution in [3.63, 3.8) is 0 Å². The van der Waals surface area contributed by atoms with Gasteiger partial charge in [0.15, 0.2) is 0 Å². The normalized spacial score (nSPS) is 15.5. The second kappa shape index (κ2) is 7.40. The van der Waals surface area contributed by atoms with Crippen LogP contribution in [0.4, 0.5) is 0 Å². The van der Waals surface area contributed by atoms with E-state index in [0.717, 1.165) is 12.1 Å². The molecule has 0 N–H and O–H groups in total. The summed E-state index contributed by atoms with van der Waals surface area (Å²) in [6.45, 7) is 28.2. The van der Waals surface area contributed by atoms with E-state index in [1.165, 1.54) is 11.5 Å². The van der Waals surface area contributed by atoms with E-state index in [0.29, 0.717) is 0 Å². The Balaban J connectivity index is 5.81. The van der Waals surface area contributed by atoms with Gasteiger partial charge in [0.2, 0.25) is 16.6 Å². The minimum Gasteiger partial charge on any atom is -0.545 e. The Labute approximate surface area is 144 Å². The molecular weight excluding hydrogens is 337 g/mol. The molecule has 2 nitrogen and oxygen atoms in total. The molecule has 0 unspecified atom stereocenters. The molecule has 0 aliphatic rings. The topological polar surface area (TPSA) is 18.5 Å². The fourth-order valence-electron chi connectivity index (χ4n) is 2.09. The SMILES string of the molecule is C[Si](C)(C)C/C(O[Si](C)(C)C)=C(\C[Si](C)(C)C)O[Si](C)(C)C. The Morgan fingerprint density at radius 1 is 0.500 bits per heavy atom. The van der Waals surface area contributed by atoms with Crippen LogP contribution in [0.1, 0.15) is 0 Å². The van der Waals surface area contributed by atoms with Crippen LogP contribution < -0.4 is 0 Å². The van der Waals surface area contributed by atoms with Gasteiger partial charge in [0.1, 0.15) is 11.5 Å². The van der Waals surface area contributed by atoms with Gasteiger partial charge >= 0.3 is 0 Å². The monoisotopic (exact) mass is 376 g/mol. The molecular formula is C16H40O2Si4. The minimum absolute atomic E-state index is 1.10. The first-order valence-corrected chi connectivity index (χ1v) is 22.7. The maximum absolute atomic E-state index is 6.54. The molecule has 22 heavy (non-hydrogen) atoms. The van der Waals surface area contributed by atoms with Gasteiger partial charge in [-0.3, -0.25) is 0 Å². The highest BCUT2D eigenvalue weighted by Crippen LogP contribution is 2.31. The second-order valence-electron chi connectivity index (χ2n) is 10.8. The molecule has 0 atom stereocenters.